The molecule has 1 aromatic carbocycles. The molecule has 2 rings (SSSR count). The van der Waals surface area contributed by atoms with Gasteiger partial charge in [-0.3, -0.25) is 4.57 Å². The Bertz CT molecular complexity index is 631. The molecular weight excluding hydrogens is 292 g/mol. The van der Waals surface area contributed by atoms with Gasteiger partial charge in [-0.15, -0.1) is 0 Å². The second-order valence-electron chi connectivity index (χ2n) is 3.84. The molecule has 0 saturated carbocycles. The van der Waals surface area contributed by atoms with E-state index in [1.807, 2.05) is 0 Å². The number of nitrogen functional groups attached to an aromatic ring is 1. The van der Waals surface area contributed by atoms with Crippen LogP contribution in [0.3, 0.4) is 0 Å². The maximum Gasteiger partial charge on any atom is 0.338 e. The topological polar surface area (TPSA) is 70.1 Å². The number of imidazole rings is 1. The van der Waals surface area contributed by atoms with Crippen molar-refractivity contribution in [3.05, 3.63) is 47.0 Å². The van der Waals surface area contributed by atoms with E-state index in [2.05, 4.69) is 4.98 Å². The molecule has 0 amide bonds. The van der Waals surface area contributed by atoms with E-state index < -0.39 is 12.5 Å². The summed E-state index contributed by atoms with van der Waals surface area (Å²) in [7, 11) is 0. The number of hydrogen-bond acceptors (Lipinski definition) is 4. The van der Waals surface area contributed by atoms with Gasteiger partial charge in [0.15, 0.2) is 5.82 Å². The van der Waals surface area contributed by atoms with Crippen LogP contribution in [0, 0.1) is 0 Å². The molecule has 1 heterocycles. The fourth-order valence-corrected chi connectivity index (χ4v) is 1.64. The Kier molecular flexibility index (Phi) is 4.19. The highest BCUT2D eigenvalue weighted by Crippen LogP contribution is 2.20. The first-order valence-electron chi connectivity index (χ1n) is 5.51. The average Bonchev–Trinajstić information content (AvgIpc) is 2.87. The molecule has 0 radical (unpaired) electrons. The lowest BCUT2D eigenvalue weighted by Crippen LogP contribution is -2.10. The van der Waals surface area contributed by atoms with Crippen molar-refractivity contribution in [2.24, 2.45) is 0 Å². The Morgan fingerprint density at radius 3 is 2.90 bits per heavy atom. The summed E-state index contributed by atoms with van der Waals surface area (Å²) in [6, 6.07) is 4.23. The number of rotatable bonds is 4. The van der Waals surface area contributed by atoms with Crippen LogP contribution < -0.4 is 5.73 Å². The van der Waals surface area contributed by atoms with Crippen LogP contribution in [0.5, 0.6) is 0 Å². The minimum atomic E-state index is -2.74. The number of nitrogens with two attached hydrogens (primary N) is 1. The first kappa shape index (κ1) is 14.3. The number of alkyl halides is 2. The van der Waals surface area contributed by atoms with Gasteiger partial charge in [0.05, 0.1) is 16.3 Å². The summed E-state index contributed by atoms with van der Waals surface area (Å²) in [4.78, 5) is 15.4. The van der Waals surface area contributed by atoms with E-state index in [4.69, 9.17) is 22.1 Å². The van der Waals surface area contributed by atoms with Crippen molar-refractivity contribution < 1.29 is 18.3 Å². The smallest absolute Gasteiger partial charge is 0.338 e. The van der Waals surface area contributed by atoms with Crippen LogP contribution in [-0.2, 0) is 11.3 Å². The summed E-state index contributed by atoms with van der Waals surface area (Å²) in [5.74, 6) is -0.743. The van der Waals surface area contributed by atoms with E-state index >= 15 is 0 Å². The number of esters is 1. The van der Waals surface area contributed by atoms with Crippen molar-refractivity contribution in [2.45, 2.75) is 13.2 Å². The summed E-state index contributed by atoms with van der Waals surface area (Å²) in [5, 5.41) is 0.315. The maximum atomic E-state index is 12.6. The predicted octanol–water partition coefficient (Wildman–Crippen LogP) is 2.87. The Morgan fingerprint density at radius 2 is 2.25 bits per heavy atom. The SMILES string of the molecule is Nc1cc(C(=O)OCc2nccn2C(F)F)ccc1Cl. The van der Waals surface area contributed by atoms with Crippen LogP contribution in [0.2, 0.25) is 5.02 Å². The third-order valence-corrected chi connectivity index (χ3v) is 2.87. The number of carbonyl (C=O) groups is 1. The molecule has 0 bridgehead atoms. The van der Waals surface area contributed by atoms with Gasteiger partial charge in [-0.2, -0.15) is 8.78 Å². The number of benzene rings is 1. The number of anilines is 1. The van der Waals surface area contributed by atoms with Gasteiger partial charge in [0.1, 0.15) is 6.61 Å². The zero-order chi connectivity index (χ0) is 14.7. The summed E-state index contributed by atoms with van der Waals surface area (Å²) < 4.78 is 30.6. The Hall–Kier alpha value is -2.15. The molecule has 5 nitrogen and oxygen atoms in total. The van der Waals surface area contributed by atoms with Crippen LogP contribution >= 0.6 is 11.6 Å². The molecule has 2 N–H and O–H groups in total. The third kappa shape index (κ3) is 3.05. The van der Waals surface area contributed by atoms with Crippen LogP contribution in [0.25, 0.3) is 0 Å². The fraction of sp³-hybridized carbons (Fsp3) is 0.167. The monoisotopic (exact) mass is 301 g/mol. The quantitative estimate of drug-likeness (QED) is 0.696. The van der Waals surface area contributed by atoms with Crippen molar-refractivity contribution in [1.29, 1.82) is 0 Å². The van der Waals surface area contributed by atoms with E-state index in [0.29, 0.717) is 9.59 Å². The van der Waals surface area contributed by atoms with Crippen molar-refractivity contribution in [3.63, 3.8) is 0 Å². The summed E-state index contributed by atoms with van der Waals surface area (Å²) in [6.07, 6.45) is 2.31. The second-order valence-corrected chi connectivity index (χ2v) is 4.25. The fourth-order valence-electron chi connectivity index (χ4n) is 1.52. The number of aromatic nitrogens is 2. The number of halogens is 3. The zero-order valence-corrected chi connectivity index (χ0v) is 10.8. The molecule has 0 atom stereocenters. The molecule has 0 saturated heterocycles. The van der Waals surface area contributed by atoms with Gasteiger partial charge in [-0.05, 0) is 18.2 Å². The minimum Gasteiger partial charge on any atom is -0.454 e. The van der Waals surface area contributed by atoms with Crippen molar-refractivity contribution in [1.82, 2.24) is 9.55 Å². The third-order valence-electron chi connectivity index (χ3n) is 2.52. The highest BCUT2D eigenvalue weighted by molar-refractivity contribution is 6.33. The van der Waals surface area contributed by atoms with Crippen molar-refractivity contribution >= 4 is 23.3 Å². The Morgan fingerprint density at radius 1 is 1.50 bits per heavy atom. The van der Waals surface area contributed by atoms with Gasteiger partial charge in [0.25, 0.3) is 0 Å². The molecule has 0 unspecified atom stereocenters. The molecule has 2 aromatic rings. The van der Waals surface area contributed by atoms with E-state index in [0.717, 1.165) is 6.20 Å². The van der Waals surface area contributed by atoms with Crippen LogP contribution in [0.4, 0.5) is 14.5 Å². The Labute approximate surface area is 117 Å². The molecule has 0 aliphatic heterocycles. The van der Waals surface area contributed by atoms with Gasteiger partial charge in [-0.25, -0.2) is 9.78 Å². The average molecular weight is 302 g/mol. The molecule has 8 heteroatoms. The van der Waals surface area contributed by atoms with Crippen molar-refractivity contribution in [2.75, 3.05) is 5.73 Å². The van der Waals surface area contributed by atoms with Crippen LogP contribution in [-0.4, -0.2) is 15.5 Å². The predicted molar refractivity (Wildman–Crippen MR) is 68.5 cm³/mol. The molecule has 106 valence electrons. The number of carbonyl (C=O) groups excluding carboxylic acids is 1. The summed E-state index contributed by atoms with van der Waals surface area (Å²) in [6.45, 7) is -3.10. The minimum absolute atomic E-state index is 0.0460. The van der Waals surface area contributed by atoms with Gasteiger partial charge in [-0.1, -0.05) is 11.6 Å². The lowest BCUT2D eigenvalue weighted by molar-refractivity contribution is 0.0376. The van der Waals surface area contributed by atoms with E-state index in [1.54, 1.807) is 0 Å². The normalized spacial score (nSPS) is 10.8. The van der Waals surface area contributed by atoms with Gasteiger partial charge >= 0.3 is 12.5 Å². The summed E-state index contributed by atoms with van der Waals surface area (Å²) in [5.41, 5.74) is 5.97. The Balaban J connectivity index is 2.05. The molecular formula is C12H10ClF2N3O2. The summed E-state index contributed by atoms with van der Waals surface area (Å²) >= 11 is 5.73. The number of ether oxygens (including phenoxy) is 1. The largest absolute Gasteiger partial charge is 0.454 e. The van der Waals surface area contributed by atoms with Gasteiger partial charge in [0.2, 0.25) is 0 Å². The molecule has 20 heavy (non-hydrogen) atoms. The number of hydrogen-bond donors (Lipinski definition) is 1. The van der Waals surface area contributed by atoms with E-state index in [9.17, 15) is 13.6 Å². The standard InChI is InChI=1S/C12H10ClF2N3O2/c13-8-2-1-7(5-9(8)16)11(19)20-6-10-17-3-4-18(10)12(14)15/h1-5,12H,6,16H2. The molecule has 0 fully saturated rings. The first-order valence-corrected chi connectivity index (χ1v) is 5.89. The number of nitrogens with zero attached hydrogens (tertiary/aromatic N) is 2. The first-order chi connectivity index (χ1) is 9.49. The van der Waals surface area contributed by atoms with Crippen LogP contribution in [0.15, 0.2) is 30.6 Å². The van der Waals surface area contributed by atoms with Gasteiger partial charge in [0, 0.05) is 12.4 Å². The van der Waals surface area contributed by atoms with Crippen molar-refractivity contribution in [3.8, 4) is 0 Å². The van der Waals surface area contributed by atoms with Crippen LogP contribution in [0.1, 0.15) is 22.7 Å². The molecule has 0 aliphatic rings. The zero-order valence-electron chi connectivity index (χ0n) is 10.1. The van der Waals surface area contributed by atoms with E-state index in [-0.39, 0.29) is 23.7 Å². The lowest BCUT2D eigenvalue weighted by atomic mass is 10.2. The van der Waals surface area contributed by atoms with E-state index in [1.165, 1.54) is 24.4 Å². The second kappa shape index (κ2) is 5.87. The molecule has 1 aromatic heterocycles. The highest BCUT2D eigenvalue weighted by atomic mass is 35.5. The maximum absolute atomic E-state index is 12.6. The molecule has 0 aliphatic carbocycles. The molecule has 0 spiro atoms. The van der Waals surface area contributed by atoms with Gasteiger partial charge < -0.3 is 10.5 Å². The highest BCUT2D eigenvalue weighted by Gasteiger charge is 2.14. The lowest BCUT2D eigenvalue weighted by Gasteiger charge is -2.08.